The van der Waals surface area contributed by atoms with Gasteiger partial charge in [0.05, 0.1) is 14.2 Å². The Kier molecular flexibility index (Phi) is 4.14. The minimum absolute atomic E-state index is 0.0225. The van der Waals surface area contributed by atoms with E-state index in [-0.39, 0.29) is 5.78 Å². The molecule has 22 heavy (non-hydrogen) atoms. The Morgan fingerprint density at radius 1 is 0.818 bits per heavy atom. The number of carbonyl (C=O) groups is 1. The second kappa shape index (κ2) is 6.22. The summed E-state index contributed by atoms with van der Waals surface area (Å²) in [5.41, 5.74) is 4.06. The van der Waals surface area contributed by atoms with Crippen LogP contribution in [0.1, 0.15) is 39.9 Å². The molecular formula is C19H20O3. The number of benzene rings is 2. The first-order chi connectivity index (χ1) is 10.7. The van der Waals surface area contributed by atoms with Crippen molar-refractivity contribution in [2.24, 2.45) is 0 Å². The highest BCUT2D eigenvalue weighted by molar-refractivity contribution is 6.09. The number of rotatable bonds is 4. The monoisotopic (exact) mass is 296 g/mol. The normalized spacial score (nSPS) is 13.4. The van der Waals surface area contributed by atoms with E-state index in [0.29, 0.717) is 17.1 Å². The highest BCUT2D eigenvalue weighted by Gasteiger charge is 2.16. The maximum Gasteiger partial charge on any atom is 0.193 e. The van der Waals surface area contributed by atoms with Crippen molar-refractivity contribution in [2.45, 2.75) is 25.7 Å². The molecule has 3 heteroatoms. The van der Waals surface area contributed by atoms with E-state index in [9.17, 15) is 4.79 Å². The lowest BCUT2D eigenvalue weighted by Gasteiger charge is -2.16. The van der Waals surface area contributed by atoms with Crippen LogP contribution < -0.4 is 9.47 Å². The SMILES string of the molecule is COc1ccc(C(=O)c2ccc3c(c2)CCCC3)cc1OC. The largest absolute Gasteiger partial charge is 0.493 e. The molecule has 0 aliphatic heterocycles. The molecule has 1 aliphatic carbocycles. The van der Waals surface area contributed by atoms with Crippen LogP contribution in [-0.2, 0) is 12.8 Å². The van der Waals surface area contributed by atoms with Gasteiger partial charge in [0.25, 0.3) is 0 Å². The van der Waals surface area contributed by atoms with E-state index in [1.807, 2.05) is 12.1 Å². The molecule has 0 aromatic heterocycles. The lowest BCUT2D eigenvalue weighted by Crippen LogP contribution is -2.07. The number of carbonyl (C=O) groups excluding carboxylic acids is 1. The molecule has 0 atom stereocenters. The molecule has 0 unspecified atom stereocenters. The maximum absolute atomic E-state index is 12.7. The van der Waals surface area contributed by atoms with Crippen molar-refractivity contribution < 1.29 is 14.3 Å². The third-order valence-corrected chi connectivity index (χ3v) is 4.26. The van der Waals surface area contributed by atoms with Crippen molar-refractivity contribution in [2.75, 3.05) is 14.2 Å². The lowest BCUT2D eigenvalue weighted by atomic mass is 9.89. The van der Waals surface area contributed by atoms with Crippen LogP contribution in [0.15, 0.2) is 36.4 Å². The summed E-state index contributed by atoms with van der Waals surface area (Å²) >= 11 is 0. The van der Waals surface area contributed by atoms with Crippen molar-refractivity contribution in [1.82, 2.24) is 0 Å². The summed E-state index contributed by atoms with van der Waals surface area (Å²) in [5.74, 6) is 1.23. The van der Waals surface area contributed by atoms with Crippen LogP contribution in [0, 0.1) is 0 Å². The third-order valence-electron chi connectivity index (χ3n) is 4.26. The Bertz CT molecular complexity index is 662. The van der Waals surface area contributed by atoms with Gasteiger partial charge >= 0.3 is 0 Å². The van der Waals surface area contributed by atoms with Crippen LogP contribution in [0.4, 0.5) is 0 Å². The summed E-state index contributed by atoms with van der Waals surface area (Å²) in [6, 6.07) is 11.4. The van der Waals surface area contributed by atoms with Gasteiger partial charge in [-0.25, -0.2) is 0 Å². The van der Waals surface area contributed by atoms with Gasteiger partial charge in [0, 0.05) is 11.1 Å². The Morgan fingerprint density at radius 2 is 1.45 bits per heavy atom. The predicted octanol–water partition coefficient (Wildman–Crippen LogP) is 3.81. The zero-order chi connectivity index (χ0) is 15.5. The Hall–Kier alpha value is -2.29. The van der Waals surface area contributed by atoms with E-state index >= 15 is 0 Å². The van der Waals surface area contributed by atoms with E-state index in [0.717, 1.165) is 18.4 Å². The second-order valence-electron chi connectivity index (χ2n) is 5.59. The molecule has 3 rings (SSSR count). The van der Waals surface area contributed by atoms with Gasteiger partial charge in [0.15, 0.2) is 17.3 Å². The minimum Gasteiger partial charge on any atom is -0.493 e. The lowest BCUT2D eigenvalue weighted by molar-refractivity contribution is 0.103. The minimum atomic E-state index is 0.0225. The molecule has 0 radical (unpaired) electrons. The quantitative estimate of drug-likeness (QED) is 0.805. The van der Waals surface area contributed by atoms with Gasteiger partial charge in [-0.3, -0.25) is 4.79 Å². The molecule has 1 aliphatic rings. The zero-order valence-corrected chi connectivity index (χ0v) is 13.0. The van der Waals surface area contributed by atoms with Gasteiger partial charge in [-0.2, -0.15) is 0 Å². The molecule has 0 fully saturated rings. The number of methoxy groups -OCH3 is 2. The molecule has 0 bridgehead atoms. The zero-order valence-electron chi connectivity index (χ0n) is 13.0. The van der Waals surface area contributed by atoms with Gasteiger partial charge in [-0.15, -0.1) is 0 Å². The molecule has 0 saturated carbocycles. The number of fused-ring (bicyclic) bond motifs is 1. The predicted molar refractivity (Wildman–Crippen MR) is 86.1 cm³/mol. The average molecular weight is 296 g/mol. The van der Waals surface area contributed by atoms with Crippen molar-refractivity contribution in [3.8, 4) is 11.5 Å². The highest BCUT2D eigenvalue weighted by atomic mass is 16.5. The van der Waals surface area contributed by atoms with E-state index in [4.69, 9.17) is 9.47 Å². The van der Waals surface area contributed by atoms with Crippen LogP contribution in [0.25, 0.3) is 0 Å². The van der Waals surface area contributed by atoms with Crippen molar-refractivity contribution >= 4 is 5.78 Å². The van der Waals surface area contributed by atoms with Crippen LogP contribution in [0.3, 0.4) is 0 Å². The van der Waals surface area contributed by atoms with Gasteiger partial charge in [0.1, 0.15) is 0 Å². The van der Waals surface area contributed by atoms with Crippen molar-refractivity contribution in [3.05, 3.63) is 58.7 Å². The summed E-state index contributed by atoms with van der Waals surface area (Å²) in [5, 5.41) is 0. The maximum atomic E-state index is 12.7. The van der Waals surface area contributed by atoms with Crippen molar-refractivity contribution in [3.63, 3.8) is 0 Å². The van der Waals surface area contributed by atoms with Crippen LogP contribution in [-0.4, -0.2) is 20.0 Å². The fraction of sp³-hybridized carbons (Fsp3) is 0.316. The smallest absolute Gasteiger partial charge is 0.193 e. The summed E-state index contributed by atoms with van der Waals surface area (Å²) in [7, 11) is 3.16. The van der Waals surface area contributed by atoms with Crippen molar-refractivity contribution in [1.29, 1.82) is 0 Å². The number of hydrogen-bond acceptors (Lipinski definition) is 3. The topological polar surface area (TPSA) is 35.5 Å². The fourth-order valence-corrected chi connectivity index (χ4v) is 3.02. The second-order valence-corrected chi connectivity index (χ2v) is 5.59. The fourth-order valence-electron chi connectivity index (χ4n) is 3.02. The molecule has 0 saturated heterocycles. The molecule has 0 heterocycles. The molecule has 0 N–H and O–H groups in total. The van der Waals surface area contributed by atoms with Crippen LogP contribution in [0.5, 0.6) is 11.5 Å². The summed E-state index contributed by atoms with van der Waals surface area (Å²) < 4.78 is 10.5. The number of ketones is 1. The van der Waals surface area contributed by atoms with Crippen LogP contribution in [0.2, 0.25) is 0 Å². The van der Waals surface area contributed by atoms with E-state index in [1.54, 1.807) is 32.4 Å². The number of aryl methyl sites for hydroxylation is 2. The number of ether oxygens (including phenoxy) is 2. The molecule has 114 valence electrons. The molecule has 0 spiro atoms. The first-order valence-electron chi connectivity index (χ1n) is 7.61. The third kappa shape index (κ3) is 2.71. The van der Waals surface area contributed by atoms with E-state index < -0.39 is 0 Å². The van der Waals surface area contributed by atoms with E-state index in [1.165, 1.54) is 24.0 Å². The van der Waals surface area contributed by atoms with Crippen LogP contribution >= 0.6 is 0 Å². The van der Waals surface area contributed by atoms with E-state index in [2.05, 4.69) is 6.07 Å². The van der Waals surface area contributed by atoms with Gasteiger partial charge < -0.3 is 9.47 Å². The van der Waals surface area contributed by atoms with Gasteiger partial charge in [0.2, 0.25) is 0 Å². The summed E-state index contributed by atoms with van der Waals surface area (Å²) in [6.45, 7) is 0. The standard InChI is InChI=1S/C19H20O3/c1-21-17-10-9-16(12-18(17)22-2)19(20)15-8-7-13-5-3-4-6-14(13)11-15/h7-12H,3-6H2,1-2H3. The molecule has 2 aromatic rings. The van der Waals surface area contributed by atoms with Gasteiger partial charge in [-0.1, -0.05) is 12.1 Å². The molecule has 2 aromatic carbocycles. The Morgan fingerprint density at radius 3 is 2.18 bits per heavy atom. The first-order valence-corrected chi connectivity index (χ1v) is 7.61. The molecule has 0 amide bonds. The summed E-state index contributed by atoms with van der Waals surface area (Å²) in [4.78, 5) is 12.7. The molecular weight excluding hydrogens is 276 g/mol. The Balaban J connectivity index is 1.93. The Labute approximate surface area is 130 Å². The molecule has 3 nitrogen and oxygen atoms in total. The highest BCUT2D eigenvalue weighted by Crippen LogP contribution is 2.29. The van der Waals surface area contributed by atoms with Gasteiger partial charge in [-0.05, 0) is 61.1 Å². The number of hydrogen-bond donors (Lipinski definition) is 0. The summed E-state index contributed by atoms with van der Waals surface area (Å²) in [6.07, 6.45) is 4.65. The first kappa shape index (κ1) is 14.6. The average Bonchev–Trinajstić information content (AvgIpc) is 2.60.